The number of fused-ring (bicyclic) bond motifs is 1. The van der Waals surface area contributed by atoms with Gasteiger partial charge in [-0.25, -0.2) is 0 Å². The SMILES string of the molecule is Cc1ccc2oc(C=Cc3ccc(C#N)cc3)cc2c1. The summed E-state index contributed by atoms with van der Waals surface area (Å²) in [7, 11) is 0. The molecule has 0 N–H and O–H groups in total. The maximum Gasteiger partial charge on any atom is 0.134 e. The highest BCUT2D eigenvalue weighted by atomic mass is 16.3. The van der Waals surface area contributed by atoms with Gasteiger partial charge in [0, 0.05) is 5.39 Å². The molecular weight excluding hydrogens is 246 g/mol. The van der Waals surface area contributed by atoms with Crippen LogP contribution in [0.1, 0.15) is 22.5 Å². The Morgan fingerprint density at radius 2 is 1.80 bits per heavy atom. The highest BCUT2D eigenvalue weighted by molar-refractivity contribution is 5.82. The van der Waals surface area contributed by atoms with Crippen molar-refractivity contribution in [2.75, 3.05) is 0 Å². The molecule has 0 spiro atoms. The molecule has 0 aliphatic carbocycles. The number of nitriles is 1. The van der Waals surface area contributed by atoms with E-state index >= 15 is 0 Å². The van der Waals surface area contributed by atoms with Crippen LogP contribution < -0.4 is 0 Å². The van der Waals surface area contributed by atoms with Crippen LogP contribution in [0.15, 0.2) is 52.9 Å². The Labute approximate surface area is 117 Å². The van der Waals surface area contributed by atoms with Gasteiger partial charge in [0.2, 0.25) is 0 Å². The predicted molar refractivity (Wildman–Crippen MR) is 81.0 cm³/mol. The molecule has 0 atom stereocenters. The summed E-state index contributed by atoms with van der Waals surface area (Å²) >= 11 is 0. The molecule has 0 saturated carbocycles. The fourth-order valence-electron chi connectivity index (χ4n) is 2.11. The van der Waals surface area contributed by atoms with Crippen LogP contribution >= 0.6 is 0 Å². The van der Waals surface area contributed by atoms with Crippen molar-refractivity contribution in [3.63, 3.8) is 0 Å². The molecule has 2 aromatic carbocycles. The number of rotatable bonds is 2. The molecule has 2 nitrogen and oxygen atoms in total. The molecule has 1 heterocycles. The first-order chi connectivity index (χ1) is 9.74. The lowest BCUT2D eigenvalue weighted by atomic mass is 10.1. The zero-order valence-electron chi connectivity index (χ0n) is 11.1. The number of hydrogen-bond acceptors (Lipinski definition) is 2. The van der Waals surface area contributed by atoms with Gasteiger partial charge >= 0.3 is 0 Å². The maximum atomic E-state index is 8.76. The van der Waals surface area contributed by atoms with Crippen molar-refractivity contribution >= 4 is 23.1 Å². The lowest BCUT2D eigenvalue weighted by Gasteiger charge is -1.92. The lowest BCUT2D eigenvalue weighted by molar-refractivity contribution is 0.604. The van der Waals surface area contributed by atoms with Crippen molar-refractivity contribution < 1.29 is 4.42 Å². The van der Waals surface area contributed by atoms with Crippen LogP contribution in [0.5, 0.6) is 0 Å². The monoisotopic (exact) mass is 259 g/mol. The minimum absolute atomic E-state index is 0.668. The van der Waals surface area contributed by atoms with Gasteiger partial charge in [0.15, 0.2) is 0 Å². The van der Waals surface area contributed by atoms with Crippen LogP contribution in [0.3, 0.4) is 0 Å². The average Bonchev–Trinajstić information content (AvgIpc) is 2.87. The molecule has 3 aromatic rings. The molecule has 3 rings (SSSR count). The Bertz CT molecular complexity index is 817. The Morgan fingerprint density at radius 3 is 2.55 bits per heavy atom. The van der Waals surface area contributed by atoms with E-state index in [4.69, 9.17) is 9.68 Å². The van der Waals surface area contributed by atoms with Gasteiger partial charge in [-0.15, -0.1) is 0 Å². The molecule has 0 amide bonds. The van der Waals surface area contributed by atoms with Gasteiger partial charge < -0.3 is 4.42 Å². The van der Waals surface area contributed by atoms with Crippen molar-refractivity contribution in [1.82, 2.24) is 0 Å². The molecule has 20 heavy (non-hydrogen) atoms. The molecule has 0 saturated heterocycles. The zero-order valence-corrected chi connectivity index (χ0v) is 11.1. The van der Waals surface area contributed by atoms with Crippen LogP contribution in [0.4, 0.5) is 0 Å². The Morgan fingerprint density at radius 1 is 1.00 bits per heavy atom. The Hall–Kier alpha value is -2.79. The maximum absolute atomic E-state index is 8.76. The van der Waals surface area contributed by atoms with E-state index < -0.39 is 0 Å². The molecular formula is C18H13NO. The van der Waals surface area contributed by atoms with E-state index in [1.165, 1.54) is 5.56 Å². The summed E-state index contributed by atoms with van der Waals surface area (Å²) in [5.74, 6) is 0.829. The molecule has 0 bridgehead atoms. The fourth-order valence-corrected chi connectivity index (χ4v) is 2.11. The normalized spacial score (nSPS) is 11.0. The summed E-state index contributed by atoms with van der Waals surface area (Å²) in [6.45, 7) is 2.07. The minimum Gasteiger partial charge on any atom is -0.457 e. The smallest absolute Gasteiger partial charge is 0.134 e. The van der Waals surface area contributed by atoms with Crippen LogP contribution in [-0.2, 0) is 0 Å². The molecule has 2 heteroatoms. The highest BCUT2D eigenvalue weighted by Gasteiger charge is 2.00. The standard InChI is InChI=1S/C18H13NO/c1-13-2-9-18-16(10-13)11-17(20-18)8-7-14-3-5-15(12-19)6-4-14/h2-11H,1H3. The van der Waals surface area contributed by atoms with Crippen LogP contribution in [0.2, 0.25) is 0 Å². The van der Waals surface area contributed by atoms with E-state index in [0.29, 0.717) is 5.56 Å². The van der Waals surface area contributed by atoms with E-state index in [-0.39, 0.29) is 0 Å². The molecule has 0 radical (unpaired) electrons. The third-order valence-corrected chi connectivity index (χ3v) is 3.17. The largest absolute Gasteiger partial charge is 0.457 e. The quantitative estimate of drug-likeness (QED) is 0.663. The van der Waals surface area contributed by atoms with Crippen molar-refractivity contribution in [2.24, 2.45) is 0 Å². The molecule has 0 unspecified atom stereocenters. The van der Waals surface area contributed by atoms with Gasteiger partial charge in [-0.3, -0.25) is 0 Å². The summed E-state index contributed by atoms with van der Waals surface area (Å²) in [4.78, 5) is 0. The summed E-state index contributed by atoms with van der Waals surface area (Å²) < 4.78 is 5.75. The minimum atomic E-state index is 0.668. The zero-order chi connectivity index (χ0) is 13.9. The third kappa shape index (κ3) is 2.48. The fraction of sp³-hybridized carbons (Fsp3) is 0.0556. The number of benzene rings is 2. The van der Waals surface area contributed by atoms with Crippen LogP contribution in [-0.4, -0.2) is 0 Å². The summed E-state index contributed by atoms with van der Waals surface area (Å²) in [6, 6.07) is 17.7. The number of nitrogens with zero attached hydrogens (tertiary/aromatic N) is 1. The first kappa shape index (κ1) is 12.3. The Balaban J connectivity index is 1.88. The van der Waals surface area contributed by atoms with Crippen molar-refractivity contribution in [1.29, 1.82) is 5.26 Å². The lowest BCUT2D eigenvalue weighted by Crippen LogP contribution is -1.74. The van der Waals surface area contributed by atoms with Crippen LogP contribution in [0.25, 0.3) is 23.1 Å². The highest BCUT2D eigenvalue weighted by Crippen LogP contribution is 2.22. The molecule has 96 valence electrons. The van der Waals surface area contributed by atoms with Crippen molar-refractivity contribution in [3.05, 3.63) is 71.0 Å². The second-order valence-electron chi connectivity index (χ2n) is 4.76. The summed E-state index contributed by atoms with van der Waals surface area (Å²) in [5, 5.41) is 9.87. The summed E-state index contributed by atoms with van der Waals surface area (Å²) in [6.07, 6.45) is 3.92. The average molecular weight is 259 g/mol. The van der Waals surface area contributed by atoms with E-state index in [0.717, 1.165) is 22.3 Å². The van der Waals surface area contributed by atoms with E-state index in [2.05, 4.69) is 19.1 Å². The molecule has 0 aliphatic rings. The van der Waals surface area contributed by atoms with E-state index in [1.54, 1.807) is 0 Å². The van der Waals surface area contributed by atoms with Gasteiger partial charge in [-0.05, 0) is 48.9 Å². The topological polar surface area (TPSA) is 36.9 Å². The molecule has 1 aromatic heterocycles. The third-order valence-electron chi connectivity index (χ3n) is 3.17. The van der Waals surface area contributed by atoms with Gasteiger partial charge in [-0.1, -0.05) is 29.8 Å². The molecule has 0 aliphatic heterocycles. The number of aryl methyl sites for hydroxylation is 1. The van der Waals surface area contributed by atoms with E-state index in [9.17, 15) is 0 Å². The second kappa shape index (κ2) is 5.07. The number of furan rings is 1. The Kier molecular flexibility index (Phi) is 3.10. The van der Waals surface area contributed by atoms with Crippen LogP contribution in [0, 0.1) is 18.3 Å². The predicted octanol–water partition coefficient (Wildman–Crippen LogP) is 4.78. The first-order valence-corrected chi connectivity index (χ1v) is 6.43. The van der Waals surface area contributed by atoms with Crippen molar-refractivity contribution in [2.45, 2.75) is 6.92 Å². The first-order valence-electron chi connectivity index (χ1n) is 6.43. The summed E-state index contributed by atoms with van der Waals surface area (Å²) in [5.41, 5.74) is 3.83. The van der Waals surface area contributed by atoms with Gasteiger partial charge in [-0.2, -0.15) is 5.26 Å². The van der Waals surface area contributed by atoms with Crippen molar-refractivity contribution in [3.8, 4) is 6.07 Å². The molecule has 0 fully saturated rings. The second-order valence-corrected chi connectivity index (χ2v) is 4.76. The van der Waals surface area contributed by atoms with Gasteiger partial charge in [0.05, 0.1) is 11.6 Å². The van der Waals surface area contributed by atoms with E-state index in [1.807, 2.05) is 54.6 Å². The number of hydrogen-bond donors (Lipinski definition) is 0. The van der Waals surface area contributed by atoms with Gasteiger partial charge in [0.1, 0.15) is 11.3 Å². The van der Waals surface area contributed by atoms with Gasteiger partial charge in [0.25, 0.3) is 0 Å².